The monoisotopic (exact) mass is 260 g/mol. The van der Waals surface area contributed by atoms with E-state index < -0.39 is 0 Å². The standard InChI is InChI=1S/C16H24N2O/c1-5-16(2,3)18-9-8-12-11-17-15-7-6-13(19-4)10-14(12)15/h6-7,10-11,17-18H,5,8-9H2,1-4H3. The number of hydrogen-bond acceptors (Lipinski definition) is 2. The van der Waals surface area contributed by atoms with Crippen LogP contribution in [-0.4, -0.2) is 24.2 Å². The van der Waals surface area contributed by atoms with Crippen LogP contribution in [0.5, 0.6) is 5.75 Å². The molecule has 0 atom stereocenters. The van der Waals surface area contributed by atoms with Crippen LogP contribution in [-0.2, 0) is 6.42 Å². The van der Waals surface area contributed by atoms with Gasteiger partial charge in [-0.25, -0.2) is 0 Å². The van der Waals surface area contributed by atoms with Crippen molar-refractivity contribution >= 4 is 10.9 Å². The molecule has 1 aromatic heterocycles. The first-order valence-corrected chi connectivity index (χ1v) is 6.95. The van der Waals surface area contributed by atoms with Gasteiger partial charge in [-0.2, -0.15) is 0 Å². The van der Waals surface area contributed by atoms with E-state index in [1.807, 2.05) is 6.07 Å². The molecule has 0 spiro atoms. The van der Waals surface area contributed by atoms with E-state index in [-0.39, 0.29) is 5.54 Å². The molecule has 0 saturated heterocycles. The topological polar surface area (TPSA) is 37.0 Å². The van der Waals surface area contributed by atoms with Gasteiger partial charge < -0.3 is 15.0 Å². The normalized spacial score (nSPS) is 12.0. The summed E-state index contributed by atoms with van der Waals surface area (Å²) >= 11 is 0. The molecule has 1 aromatic carbocycles. The first-order valence-electron chi connectivity index (χ1n) is 6.95. The molecule has 0 unspecified atom stereocenters. The molecule has 0 amide bonds. The van der Waals surface area contributed by atoms with Crippen molar-refractivity contribution in [2.45, 2.75) is 39.2 Å². The number of aromatic amines is 1. The van der Waals surface area contributed by atoms with Crippen LogP contribution in [0.2, 0.25) is 0 Å². The summed E-state index contributed by atoms with van der Waals surface area (Å²) in [7, 11) is 1.71. The Bertz CT molecular complexity index is 543. The number of methoxy groups -OCH3 is 1. The fourth-order valence-corrected chi connectivity index (χ4v) is 2.15. The van der Waals surface area contributed by atoms with Crippen LogP contribution in [0.3, 0.4) is 0 Å². The van der Waals surface area contributed by atoms with E-state index in [2.05, 4.69) is 49.4 Å². The van der Waals surface area contributed by atoms with Gasteiger partial charge in [-0.1, -0.05) is 6.92 Å². The molecule has 0 fully saturated rings. The maximum Gasteiger partial charge on any atom is 0.119 e. The minimum atomic E-state index is 0.212. The van der Waals surface area contributed by atoms with Gasteiger partial charge in [-0.05, 0) is 57.0 Å². The Morgan fingerprint density at radius 3 is 2.79 bits per heavy atom. The van der Waals surface area contributed by atoms with Gasteiger partial charge in [0, 0.05) is 22.6 Å². The number of rotatable bonds is 6. The third-order valence-electron chi connectivity index (χ3n) is 3.86. The summed E-state index contributed by atoms with van der Waals surface area (Å²) < 4.78 is 5.29. The predicted octanol–water partition coefficient (Wildman–Crippen LogP) is 3.50. The van der Waals surface area contributed by atoms with Crippen molar-refractivity contribution in [3.63, 3.8) is 0 Å². The van der Waals surface area contributed by atoms with Gasteiger partial charge in [0.2, 0.25) is 0 Å². The minimum absolute atomic E-state index is 0.212. The molecule has 0 aliphatic rings. The smallest absolute Gasteiger partial charge is 0.119 e. The highest BCUT2D eigenvalue weighted by Gasteiger charge is 2.13. The third kappa shape index (κ3) is 3.29. The number of fused-ring (bicyclic) bond motifs is 1. The molecule has 3 nitrogen and oxygen atoms in total. The average Bonchev–Trinajstić information content (AvgIpc) is 2.81. The number of H-pyrrole nitrogens is 1. The first kappa shape index (κ1) is 13.9. The molecular weight excluding hydrogens is 236 g/mol. The quantitative estimate of drug-likeness (QED) is 0.834. The van der Waals surface area contributed by atoms with Crippen LogP contribution in [0.25, 0.3) is 10.9 Å². The number of ether oxygens (including phenoxy) is 1. The van der Waals surface area contributed by atoms with Crippen LogP contribution in [0, 0.1) is 0 Å². The Hall–Kier alpha value is -1.48. The SMILES string of the molecule is CCC(C)(C)NCCc1c[nH]c2ccc(OC)cc12. The molecular formula is C16H24N2O. The first-order chi connectivity index (χ1) is 9.05. The Kier molecular flexibility index (Phi) is 4.15. The van der Waals surface area contributed by atoms with Crippen LogP contribution in [0.4, 0.5) is 0 Å². The van der Waals surface area contributed by atoms with Crippen molar-refractivity contribution in [1.82, 2.24) is 10.3 Å². The van der Waals surface area contributed by atoms with Gasteiger partial charge in [-0.3, -0.25) is 0 Å². The minimum Gasteiger partial charge on any atom is -0.497 e. The number of hydrogen-bond donors (Lipinski definition) is 2. The summed E-state index contributed by atoms with van der Waals surface area (Å²) in [5, 5.41) is 4.85. The lowest BCUT2D eigenvalue weighted by molar-refractivity contribution is 0.380. The fraction of sp³-hybridized carbons (Fsp3) is 0.500. The molecule has 0 radical (unpaired) electrons. The van der Waals surface area contributed by atoms with Crippen molar-refractivity contribution in [2.75, 3.05) is 13.7 Å². The van der Waals surface area contributed by atoms with Crippen LogP contribution < -0.4 is 10.1 Å². The predicted molar refractivity (Wildman–Crippen MR) is 80.9 cm³/mol. The molecule has 3 heteroatoms. The van der Waals surface area contributed by atoms with Crippen LogP contribution in [0.15, 0.2) is 24.4 Å². The molecule has 0 bridgehead atoms. The van der Waals surface area contributed by atoms with Crippen LogP contribution in [0.1, 0.15) is 32.8 Å². The molecule has 104 valence electrons. The maximum absolute atomic E-state index is 5.29. The van der Waals surface area contributed by atoms with E-state index in [0.29, 0.717) is 0 Å². The second kappa shape index (κ2) is 5.66. The molecule has 2 rings (SSSR count). The highest BCUT2D eigenvalue weighted by molar-refractivity contribution is 5.84. The van der Waals surface area contributed by atoms with E-state index >= 15 is 0 Å². The van der Waals surface area contributed by atoms with Crippen molar-refractivity contribution in [2.24, 2.45) is 0 Å². The van der Waals surface area contributed by atoms with Gasteiger partial charge in [0.1, 0.15) is 5.75 Å². The van der Waals surface area contributed by atoms with E-state index in [0.717, 1.165) is 25.1 Å². The maximum atomic E-state index is 5.29. The summed E-state index contributed by atoms with van der Waals surface area (Å²) in [6.07, 6.45) is 4.26. The zero-order chi connectivity index (χ0) is 13.9. The molecule has 19 heavy (non-hydrogen) atoms. The van der Waals surface area contributed by atoms with Crippen LogP contribution >= 0.6 is 0 Å². The highest BCUT2D eigenvalue weighted by Crippen LogP contribution is 2.23. The second-order valence-electron chi connectivity index (χ2n) is 5.64. The van der Waals surface area contributed by atoms with Gasteiger partial charge in [-0.15, -0.1) is 0 Å². The summed E-state index contributed by atoms with van der Waals surface area (Å²) in [5.74, 6) is 0.912. The number of benzene rings is 1. The Balaban J connectivity index is 2.08. The fourth-order valence-electron chi connectivity index (χ4n) is 2.15. The lowest BCUT2D eigenvalue weighted by Gasteiger charge is -2.24. The summed E-state index contributed by atoms with van der Waals surface area (Å²) in [6, 6.07) is 6.16. The van der Waals surface area contributed by atoms with Crippen molar-refractivity contribution in [3.05, 3.63) is 30.0 Å². The highest BCUT2D eigenvalue weighted by atomic mass is 16.5. The third-order valence-corrected chi connectivity index (χ3v) is 3.86. The molecule has 1 heterocycles. The van der Waals surface area contributed by atoms with Gasteiger partial charge in [0.05, 0.1) is 7.11 Å². The van der Waals surface area contributed by atoms with E-state index in [1.165, 1.54) is 16.5 Å². The average molecular weight is 260 g/mol. The van der Waals surface area contributed by atoms with E-state index in [9.17, 15) is 0 Å². The molecule has 0 aliphatic heterocycles. The molecule has 0 saturated carbocycles. The van der Waals surface area contributed by atoms with E-state index in [1.54, 1.807) is 7.11 Å². The Labute approximate surface area is 115 Å². The van der Waals surface area contributed by atoms with Gasteiger partial charge in [0.15, 0.2) is 0 Å². The zero-order valence-corrected chi connectivity index (χ0v) is 12.3. The molecule has 0 aliphatic carbocycles. The summed E-state index contributed by atoms with van der Waals surface area (Å²) in [4.78, 5) is 3.32. The van der Waals surface area contributed by atoms with Gasteiger partial charge >= 0.3 is 0 Å². The van der Waals surface area contributed by atoms with Crippen molar-refractivity contribution in [1.29, 1.82) is 0 Å². The summed E-state index contributed by atoms with van der Waals surface area (Å²) in [5.41, 5.74) is 2.72. The molecule has 2 aromatic rings. The van der Waals surface area contributed by atoms with Crippen molar-refractivity contribution < 1.29 is 4.74 Å². The van der Waals surface area contributed by atoms with Crippen molar-refractivity contribution in [3.8, 4) is 5.75 Å². The summed E-state index contributed by atoms with van der Waals surface area (Å²) in [6.45, 7) is 7.69. The zero-order valence-electron chi connectivity index (χ0n) is 12.3. The van der Waals surface area contributed by atoms with E-state index in [4.69, 9.17) is 4.74 Å². The molecule has 2 N–H and O–H groups in total. The number of aromatic nitrogens is 1. The lowest BCUT2D eigenvalue weighted by Crippen LogP contribution is -2.39. The lowest BCUT2D eigenvalue weighted by atomic mass is 10.0. The largest absolute Gasteiger partial charge is 0.497 e. The Morgan fingerprint density at radius 1 is 1.32 bits per heavy atom. The van der Waals surface area contributed by atoms with Gasteiger partial charge in [0.25, 0.3) is 0 Å². The second-order valence-corrected chi connectivity index (χ2v) is 5.64. The number of nitrogens with one attached hydrogen (secondary N) is 2. The Morgan fingerprint density at radius 2 is 2.11 bits per heavy atom.